The van der Waals surface area contributed by atoms with E-state index in [9.17, 15) is 31.9 Å². The number of aromatic nitrogens is 3. The smallest absolute Gasteiger partial charge is 0.302 e. The number of benzene rings is 2. The van der Waals surface area contributed by atoms with Crippen LogP contribution < -0.4 is 16.6 Å². The summed E-state index contributed by atoms with van der Waals surface area (Å²) in [4.78, 5) is 41.5. The number of nitrogens with one attached hydrogen (secondary N) is 1. The number of amides is 1. The zero-order valence-corrected chi connectivity index (χ0v) is 18.6. The fourth-order valence-corrected chi connectivity index (χ4v) is 4.26. The molecule has 1 N–H and O–H groups in total. The first-order valence-corrected chi connectivity index (χ1v) is 10.7. The third-order valence-corrected chi connectivity index (χ3v) is 6.01. The molecule has 0 fully saturated rings. The highest BCUT2D eigenvalue weighted by Gasteiger charge is 2.31. The van der Waals surface area contributed by atoms with Gasteiger partial charge in [-0.2, -0.15) is 13.2 Å². The van der Waals surface area contributed by atoms with E-state index in [0.29, 0.717) is 29.3 Å². The highest BCUT2D eigenvalue weighted by Crippen LogP contribution is 2.34. The average Bonchev–Trinajstić information content (AvgIpc) is 3.23. The van der Waals surface area contributed by atoms with Crippen LogP contribution in [0, 0.1) is 5.82 Å². The number of anilines is 1. The molecule has 0 aliphatic rings. The van der Waals surface area contributed by atoms with E-state index in [1.54, 1.807) is 18.2 Å². The van der Waals surface area contributed by atoms with Crippen molar-refractivity contribution in [1.29, 1.82) is 0 Å². The molecule has 4 aromatic rings. The van der Waals surface area contributed by atoms with Gasteiger partial charge in [0.2, 0.25) is 5.91 Å². The fraction of sp³-hybridized carbons (Fsp3) is 0.182. The average molecular weight is 492 g/mol. The van der Waals surface area contributed by atoms with Crippen molar-refractivity contribution in [2.24, 2.45) is 14.1 Å². The van der Waals surface area contributed by atoms with Gasteiger partial charge in [0.25, 0.3) is 5.56 Å². The van der Waals surface area contributed by atoms with Gasteiger partial charge in [0.1, 0.15) is 5.82 Å². The molecular formula is C22H16F4N4O3S. The lowest BCUT2D eigenvalue weighted by molar-refractivity contribution is -0.137. The molecule has 0 unspecified atom stereocenters. The number of nitrogens with zero attached hydrogens (tertiary/aromatic N) is 3. The van der Waals surface area contributed by atoms with Crippen molar-refractivity contribution in [3.05, 3.63) is 79.6 Å². The van der Waals surface area contributed by atoms with E-state index in [0.717, 1.165) is 15.9 Å². The second kappa shape index (κ2) is 8.52. The summed E-state index contributed by atoms with van der Waals surface area (Å²) in [5.74, 6) is -1.43. The monoisotopic (exact) mass is 492 g/mol. The van der Waals surface area contributed by atoms with E-state index >= 15 is 0 Å². The number of carbonyl (C=O) groups excluding carboxylic acids is 1. The summed E-state index contributed by atoms with van der Waals surface area (Å²) in [6.07, 6.45) is -4.87. The SMILES string of the molecule is Cn1c(=O)c2c(CC(=O)Nc3nc(-c4cc(C(F)(F)F)ccc4F)cs3)cccc2n(C)c1=O. The van der Waals surface area contributed by atoms with Crippen LogP contribution in [0.5, 0.6) is 0 Å². The van der Waals surface area contributed by atoms with Crippen molar-refractivity contribution >= 4 is 33.3 Å². The molecule has 0 atom stereocenters. The second-order valence-electron chi connectivity index (χ2n) is 7.47. The molecule has 0 saturated carbocycles. The van der Waals surface area contributed by atoms with Crippen LogP contribution in [-0.4, -0.2) is 20.0 Å². The number of carbonyl (C=O) groups is 1. The number of fused-ring (bicyclic) bond motifs is 1. The summed E-state index contributed by atoms with van der Waals surface area (Å²) in [6.45, 7) is 0. The van der Waals surface area contributed by atoms with Crippen LogP contribution in [-0.2, 0) is 31.5 Å². The van der Waals surface area contributed by atoms with E-state index < -0.39 is 34.7 Å². The molecular weight excluding hydrogens is 476 g/mol. The summed E-state index contributed by atoms with van der Waals surface area (Å²) in [5, 5.41) is 4.12. The van der Waals surface area contributed by atoms with Crippen LogP contribution in [0.15, 0.2) is 51.4 Å². The molecule has 0 radical (unpaired) electrons. The maximum absolute atomic E-state index is 14.1. The van der Waals surface area contributed by atoms with E-state index in [2.05, 4.69) is 10.3 Å². The van der Waals surface area contributed by atoms with E-state index in [-0.39, 0.29) is 28.2 Å². The lowest BCUT2D eigenvalue weighted by Gasteiger charge is -2.11. The van der Waals surface area contributed by atoms with Crippen molar-refractivity contribution in [3.63, 3.8) is 0 Å². The molecule has 0 spiro atoms. The van der Waals surface area contributed by atoms with Gasteiger partial charge in [-0.3, -0.25) is 18.7 Å². The van der Waals surface area contributed by atoms with Crippen molar-refractivity contribution in [2.45, 2.75) is 12.6 Å². The predicted molar refractivity (Wildman–Crippen MR) is 119 cm³/mol. The van der Waals surface area contributed by atoms with Gasteiger partial charge in [-0.05, 0) is 29.8 Å². The van der Waals surface area contributed by atoms with Gasteiger partial charge in [-0.25, -0.2) is 14.2 Å². The third-order valence-electron chi connectivity index (χ3n) is 5.25. The molecule has 12 heteroatoms. The van der Waals surface area contributed by atoms with Gasteiger partial charge in [0.05, 0.1) is 28.6 Å². The Balaban J connectivity index is 1.60. The molecule has 2 aromatic heterocycles. The van der Waals surface area contributed by atoms with E-state index in [1.165, 1.54) is 24.0 Å². The van der Waals surface area contributed by atoms with Gasteiger partial charge in [-0.15, -0.1) is 11.3 Å². The Labute approximate surface area is 192 Å². The minimum Gasteiger partial charge on any atom is -0.302 e. The molecule has 34 heavy (non-hydrogen) atoms. The molecule has 7 nitrogen and oxygen atoms in total. The molecule has 176 valence electrons. The van der Waals surface area contributed by atoms with E-state index in [1.807, 2.05) is 0 Å². The molecule has 4 rings (SSSR count). The van der Waals surface area contributed by atoms with Crippen LogP contribution in [0.2, 0.25) is 0 Å². The molecule has 0 saturated heterocycles. The van der Waals surface area contributed by atoms with Crippen LogP contribution in [0.25, 0.3) is 22.2 Å². The first-order chi connectivity index (χ1) is 16.0. The van der Waals surface area contributed by atoms with Gasteiger partial charge >= 0.3 is 11.9 Å². The van der Waals surface area contributed by atoms with Crippen molar-refractivity contribution < 1.29 is 22.4 Å². The minimum atomic E-state index is -4.64. The molecule has 0 bridgehead atoms. The summed E-state index contributed by atoms with van der Waals surface area (Å²) in [7, 11) is 2.85. The van der Waals surface area contributed by atoms with Crippen molar-refractivity contribution in [3.8, 4) is 11.3 Å². The maximum Gasteiger partial charge on any atom is 0.416 e. The minimum absolute atomic E-state index is 0.0531. The van der Waals surface area contributed by atoms with Crippen LogP contribution >= 0.6 is 11.3 Å². The van der Waals surface area contributed by atoms with Crippen LogP contribution in [0.1, 0.15) is 11.1 Å². The second-order valence-corrected chi connectivity index (χ2v) is 8.33. The van der Waals surface area contributed by atoms with Crippen LogP contribution in [0.3, 0.4) is 0 Å². The Bertz CT molecular complexity index is 1550. The number of alkyl halides is 3. The zero-order chi connectivity index (χ0) is 24.8. The highest BCUT2D eigenvalue weighted by molar-refractivity contribution is 7.14. The summed E-state index contributed by atoms with van der Waals surface area (Å²) >= 11 is 0.917. The van der Waals surface area contributed by atoms with Gasteiger partial charge < -0.3 is 5.32 Å². The topological polar surface area (TPSA) is 86.0 Å². The zero-order valence-electron chi connectivity index (χ0n) is 17.7. The first kappa shape index (κ1) is 23.4. The molecule has 2 aromatic carbocycles. The Hall–Kier alpha value is -3.80. The van der Waals surface area contributed by atoms with E-state index in [4.69, 9.17) is 0 Å². The normalized spacial score (nSPS) is 11.7. The molecule has 2 heterocycles. The lowest BCUT2D eigenvalue weighted by Crippen LogP contribution is -2.37. The predicted octanol–water partition coefficient (Wildman–Crippen LogP) is 3.70. The Morgan fingerprint density at radius 2 is 1.85 bits per heavy atom. The number of thiazole rings is 1. The Morgan fingerprint density at radius 3 is 2.56 bits per heavy atom. The maximum atomic E-state index is 14.1. The molecule has 0 aliphatic heterocycles. The largest absolute Gasteiger partial charge is 0.416 e. The molecule has 1 amide bonds. The van der Waals surface area contributed by atoms with Crippen molar-refractivity contribution in [1.82, 2.24) is 14.1 Å². The van der Waals surface area contributed by atoms with Crippen molar-refractivity contribution in [2.75, 3.05) is 5.32 Å². The number of aryl methyl sites for hydroxylation is 1. The number of halogens is 4. The lowest BCUT2D eigenvalue weighted by atomic mass is 10.1. The third kappa shape index (κ3) is 4.23. The number of rotatable bonds is 4. The van der Waals surface area contributed by atoms with Gasteiger partial charge in [0, 0.05) is 25.0 Å². The summed E-state index contributed by atoms with van der Waals surface area (Å²) < 4.78 is 55.3. The quantitative estimate of drug-likeness (QED) is 0.441. The number of hydrogen-bond acceptors (Lipinski definition) is 5. The highest BCUT2D eigenvalue weighted by atomic mass is 32.1. The Morgan fingerprint density at radius 1 is 1.12 bits per heavy atom. The van der Waals surface area contributed by atoms with Gasteiger partial charge in [-0.1, -0.05) is 12.1 Å². The molecule has 0 aliphatic carbocycles. The van der Waals surface area contributed by atoms with Crippen LogP contribution in [0.4, 0.5) is 22.7 Å². The fourth-order valence-electron chi connectivity index (χ4n) is 3.53. The summed E-state index contributed by atoms with van der Waals surface area (Å²) in [5.41, 5.74) is -1.71. The first-order valence-electron chi connectivity index (χ1n) is 9.77. The van der Waals surface area contributed by atoms with Gasteiger partial charge in [0.15, 0.2) is 5.13 Å². The number of hydrogen-bond donors (Lipinski definition) is 1. The summed E-state index contributed by atoms with van der Waals surface area (Å²) in [6, 6.07) is 6.80. The standard InChI is InChI=1S/C22H16F4N4O3S/c1-29-16-5-3-4-11(18(16)19(32)30(2)21(29)33)8-17(31)28-20-27-15(10-34-20)13-9-12(22(24,25)26)6-7-14(13)23/h3-7,9-10H,8H2,1-2H3,(H,27,28,31). The Kier molecular flexibility index (Phi) is 5.86.